The molecule has 2 saturated carbocycles. The molecule has 0 aliphatic heterocycles. The largest absolute Gasteiger partial charge is 0.396 e. The molecule has 2 aliphatic carbocycles. The number of amides is 1. The second-order valence-corrected chi connectivity index (χ2v) is 6.19. The van der Waals surface area contributed by atoms with Crippen molar-refractivity contribution in [3.05, 3.63) is 0 Å². The summed E-state index contributed by atoms with van der Waals surface area (Å²) >= 11 is 0. The highest BCUT2D eigenvalue weighted by atomic mass is 19.3. The highest BCUT2D eigenvalue weighted by molar-refractivity contribution is 5.85. The number of carbonyl (C=O) groups is 1. The molecule has 6 heteroatoms. The minimum atomic E-state index is -3.76. The van der Waals surface area contributed by atoms with Gasteiger partial charge in [-0.05, 0) is 32.1 Å². The lowest BCUT2D eigenvalue weighted by Crippen LogP contribution is -2.62. The van der Waals surface area contributed by atoms with Crippen LogP contribution >= 0.6 is 0 Å². The first-order valence-electron chi connectivity index (χ1n) is 6.77. The molecule has 19 heavy (non-hydrogen) atoms. The molecule has 3 N–H and O–H groups in total. The molecule has 0 bridgehead atoms. The number of hydrogen-bond donors (Lipinski definition) is 3. The zero-order chi connectivity index (χ0) is 14.3. The van der Waals surface area contributed by atoms with Crippen molar-refractivity contribution in [3.8, 4) is 0 Å². The van der Waals surface area contributed by atoms with Crippen molar-refractivity contribution in [1.29, 1.82) is 0 Å². The van der Waals surface area contributed by atoms with Crippen LogP contribution in [-0.2, 0) is 4.79 Å². The maximum Gasteiger partial charge on any atom is 0.352 e. The third-order valence-corrected chi connectivity index (χ3v) is 4.80. The van der Waals surface area contributed by atoms with Crippen LogP contribution in [0.1, 0.15) is 45.4 Å². The van der Waals surface area contributed by atoms with Crippen molar-refractivity contribution in [2.24, 2.45) is 5.41 Å². The van der Waals surface area contributed by atoms with Gasteiger partial charge in [0.25, 0.3) is 5.91 Å². The Balaban J connectivity index is 2.05. The van der Waals surface area contributed by atoms with E-state index in [1.807, 2.05) is 0 Å². The fourth-order valence-electron chi connectivity index (χ4n) is 2.95. The summed E-state index contributed by atoms with van der Waals surface area (Å²) in [6, 6.07) is -0.459. The smallest absolute Gasteiger partial charge is 0.352 e. The van der Waals surface area contributed by atoms with Gasteiger partial charge in [0, 0.05) is 11.5 Å². The highest BCUT2D eigenvalue weighted by Crippen LogP contribution is 2.45. The Morgan fingerprint density at radius 2 is 2.00 bits per heavy atom. The lowest BCUT2D eigenvalue weighted by molar-refractivity contribution is -0.216. The van der Waals surface area contributed by atoms with Crippen LogP contribution in [0.4, 0.5) is 8.78 Å². The SMILES string of the molecule is C[C@@]1(CO)CCC[C@@H]1NC(=O)C(F)(F)C1(O)CCC1. The summed E-state index contributed by atoms with van der Waals surface area (Å²) < 4.78 is 27.9. The van der Waals surface area contributed by atoms with Crippen molar-refractivity contribution in [2.75, 3.05) is 6.61 Å². The number of aliphatic hydroxyl groups is 2. The molecule has 2 aliphatic rings. The number of aliphatic hydroxyl groups excluding tert-OH is 1. The van der Waals surface area contributed by atoms with Gasteiger partial charge in [-0.25, -0.2) is 0 Å². The number of hydrogen-bond acceptors (Lipinski definition) is 3. The first-order chi connectivity index (χ1) is 8.75. The average molecular weight is 277 g/mol. The summed E-state index contributed by atoms with van der Waals surface area (Å²) in [6.45, 7) is 1.63. The van der Waals surface area contributed by atoms with E-state index in [1.54, 1.807) is 6.92 Å². The third-order valence-electron chi connectivity index (χ3n) is 4.80. The number of nitrogens with one attached hydrogen (secondary N) is 1. The quantitative estimate of drug-likeness (QED) is 0.723. The first kappa shape index (κ1) is 14.7. The number of rotatable bonds is 4. The van der Waals surface area contributed by atoms with Gasteiger partial charge in [-0.15, -0.1) is 0 Å². The Morgan fingerprint density at radius 3 is 2.47 bits per heavy atom. The Kier molecular flexibility index (Phi) is 3.60. The number of alkyl halides is 2. The normalized spacial score (nSPS) is 33.8. The van der Waals surface area contributed by atoms with E-state index in [9.17, 15) is 23.8 Å². The highest BCUT2D eigenvalue weighted by Gasteiger charge is 2.61. The van der Waals surface area contributed by atoms with E-state index in [1.165, 1.54) is 0 Å². The van der Waals surface area contributed by atoms with Crippen molar-refractivity contribution in [1.82, 2.24) is 5.32 Å². The van der Waals surface area contributed by atoms with Gasteiger partial charge >= 0.3 is 5.92 Å². The number of halogens is 2. The summed E-state index contributed by atoms with van der Waals surface area (Å²) in [4.78, 5) is 11.8. The lowest BCUT2D eigenvalue weighted by atomic mass is 9.75. The molecule has 4 nitrogen and oxygen atoms in total. The number of carbonyl (C=O) groups excluding carboxylic acids is 1. The standard InChI is InChI=1S/C13H21F2NO3/c1-11(8-17)5-2-4-9(11)16-10(18)13(14,15)12(19)6-3-7-12/h9,17,19H,2-8H2,1H3,(H,16,18)/t9-,11-/m0/s1. The van der Waals surface area contributed by atoms with Gasteiger partial charge in [-0.1, -0.05) is 13.3 Å². The molecule has 0 saturated heterocycles. The zero-order valence-corrected chi connectivity index (χ0v) is 11.1. The molecule has 2 rings (SSSR count). The van der Waals surface area contributed by atoms with Crippen molar-refractivity contribution >= 4 is 5.91 Å². The molecule has 0 aromatic carbocycles. The van der Waals surface area contributed by atoms with Crippen molar-refractivity contribution < 1.29 is 23.8 Å². The maximum absolute atomic E-state index is 13.9. The second kappa shape index (κ2) is 4.66. The molecule has 0 aromatic heterocycles. The van der Waals surface area contributed by atoms with Crippen LogP contribution in [0.2, 0.25) is 0 Å². The summed E-state index contributed by atoms with van der Waals surface area (Å²) in [5.74, 6) is -5.18. The molecular formula is C13H21F2NO3. The monoisotopic (exact) mass is 277 g/mol. The van der Waals surface area contributed by atoms with Crippen LogP contribution in [0, 0.1) is 5.41 Å². The molecule has 0 heterocycles. The average Bonchev–Trinajstić information content (AvgIpc) is 2.68. The minimum absolute atomic E-state index is 0.0463. The first-order valence-corrected chi connectivity index (χ1v) is 6.77. The molecule has 1 amide bonds. The van der Waals surface area contributed by atoms with E-state index in [2.05, 4.69) is 5.32 Å². The summed E-state index contributed by atoms with van der Waals surface area (Å²) in [5, 5.41) is 21.4. The van der Waals surface area contributed by atoms with Gasteiger partial charge in [0.15, 0.2) is 0 Å². The predicted octanol–water partition coefficient (Wildman–Crippen LogP) is 1.20. The van der Waals surface area contributed by atoms with Crippen molar-refractivity contribution in [2.45, 2.75) is 63.0 Å². The topological polar surface area (TPSA) is 69.6 Å². The molecular weight excluding hydrogens is 256 g/mol. The van der Waals surface area contributed by atoms with Gasteiger partial charge in [0.2, 0.25) is 0 Å². The Hall–Kier alpha value is -0.750. The van der Waals surface area contributed by atoms with Crippen LogP contribution in [-0.4, -0.2) is 40.3 Å². The van der Waals surface area contributed by atoms with E-state index < -0.39 is 28.9 Å². The Bertz CT molecular complexity index is 371. The summed E-state index contributed by atoms with van der Waals surface area (Å²) in [5.41, 5.74) is -2.74. The van der Waals surface area contributed by atoms with Gasteiger partial charge in [0.1, 0.15) is 5.60 Å². The van der Waals surface area contributed by atoms with Crippen molar-refractivity contribution in [3.63, 3.8) is 0 Å². The molecule has 110 valence electrons. The fourth-order valence-corrected chi connectivity index (χ4v) is 2.95. The maximum atomic E-state index is 13.9. The molecule has 0 aromatic rings. The van der Waals surface area contributed by atoms with E-state index in [0.29, 0.717) is 19.3 Å². The van der Waals surface area contributed by atoms with Crippen LogP contribution in [0.3, 0.4) is 0 Å². The summed E-state index contributed by atoms with van der Waals surface area (Å²) in [6.07, 6.45) is 2.49. The van der Waals surface area contributed by atoms with Gasteiger partial charge in [0.05, 0.1) is 6.61 Å². The summed E-state index contributed by atoms with van der Waals surface area (Å²) in [7, 11) is 0. The Morgan fingerprint density at radius 1 is 1.37 bits per heavy atom. The molecule has 2 fully saturated rings. The van der Waals surface area contributed by atoms with Gasteiger partial charge < -0.3 is 15.5 Å². The Labute approximate surface area is 111 Å². The van der Waals surface area contributed by atoms with Crippen LogP contribution < -0.4 is 5.32 Å². The third kappa shape index (κ3) is 2.25. The van der Waals surface area contributed by atoms with E-state index in [0.717, 1.165) is 6.42 Å². The second-order valence-electron chi connectivity index (χ2n) is 6.19. The lowest BCUT2D eigenvalue weighted by Gasteiger charge is -2.42. The fraction of sp³-hybridized carbons (Fsp3) is 0.923. The van der Waals surface area contributed by atoms with Gasteiger partial charge in [-0.2, -0.15) is 8.78 Å². The van der Waals surface area contributed by atoms with Crippen LogP contribution in [0.5, 0.6) is 0 Å². The molecule has 0 radical (unpaired) electrons. The van der Waals surface area contributed by atoms with Crippen LogP contribution in [0.15, 0.2) is 0 Å². The molecule has 0 spiro atoms. The van der Waals surface area contributed by atoms with Crippen LogP contribution in [0.25, 0.3) is 0 Å². The predicted molar refractivity (Wildman–Crippen MR) is 64.7 cm³/mol. The molecule has 0 unspecified atom stereocenters. The molecule has 2 atom stereocenters. The zero-order valence-electron chi connectivity index (χ0n) is 11.1. The minimum Gasteiger partial charge on any atom is -0.396 e. The van der Waals surface area contributed by atoms with E-state index >= 15 is 0 Å². The van der Waals surface area contributed by atoms with Gasteiger partial charge in [-0.3, -0.25) is 4.79 Å². The van der Waals surface area contributed by atoms with E-state index in [4.69, 9.17) is 0 Å². The van der Waals surface area contributed by atoms with E-state index in [-0.39, 0.29) is 19.4 Å².